The van der Waals surface area contributed by atoms with Gasteiger partial charge in [0.25, 0.3) is 11.8 Å². The second kappa shape index (κ2) is 9.30. The van der Waals surface area contributed by atoms with Crippen molar-refractivity contribution >= 4 is 35.2 Å². The molecule has 2 aromatic rings. The van der Waals surface area contributed by atoms with Crippen molar-refractivity contribution in [3.8, 4) is 0 Å². The molecule has 0 saturated carbocycles. The van der Waals surface area contributed by atoms with Gasteiger partial charge in [-0.25, -0.2) is 0 Å². The number of carbonyl (C=O) groups is 3. The number of carbonyl (C=O) groups excluding carboxylic acids is 2. The number of nitrogens with zero attached hydrogens (tertiary/aromatic N) is 2. The van der Waals surface area contributed by atoms with Gasteiger partial charge in [0.2, 0.25) is 0 Å². The van der Waals surface area contributed by atoms with Gasteiger partial charge in [0, 0.05) is 11.8 Å². The summed E-state index contributed by atoms with van der Waals surface area (Å²) in [4.78, 5) is 35.6. The number of hydrogen-bond acceptors (Lipinski definition) is 6. The topological polar surface area (TPSA) is 133 Å². The van der Waals surface area contributed by atoms with Crippen LogP contribution in [-0.4, -0.2) is 39.1 Å². The Kier molecular flexibility index (Phi) is 6.84. The van der Waals surface area contributed by atoms with Gasteiger partial charge < -0.3 is 21.1 Å². The summed E-state index contributed by atoms with van der Waals surface area (Å²) < 4.78 is 0. The SMILES string of the molecule is CC(NC(=O)/C(=C/Nc1ccc(Cl)nn1)NC(=O)c1ccccc1)C(=O)O. The van der Waals surface area contributed by atoms with Gasteiger partial charge in [-0.15, -0.1) is 10.2 Å². The van der Waals surface area contributed by atoms with Gasteiger partial charge in [-0.3, -0.25) is 14.4 Å². The molecule has 0 spiro atoms. The number of anilines is 1. The molecule has 0 radical (unpaired) electrons. The van der Waals surface area contributed by atoms with Crippen molar-refractivity contribution in [3.63, 3.8) is 0 Å². The second-order valence-corrected chi connectivity index (χ2v) is 5.68. The molecule has 1 heterocycles. The van der Waals surface area contributed by atoms with E-state index in [0.717, 1.165) is 0 Å². The minimum absolute atomic E-state index is 0.190. The second-order valence-electron chi connectivity index (χ2n) is 5.30. The number of aliphatic carboxylic acids is 1. The zero-order chi connectivity index (χ0) is 19.8. The molecule has 2 rings (SSSR count). The highest BCUT2D eigenvalue weighted by molar-refractivity contribution is 6.29. The number of rotatable bonds is 7. The smallest absolute Gasteiger partial charge is 0.325 e. The Hall–Kier alpha value is -3.46. The summed E-state index contributed by atoms with van der Waals surface area (Å²) in [5.74, 6) is -2.27. The predicted octanol–water partition coefficient (Wildman–Crippen LogP) is 1.40. The van der Waals surface area contributed by atoms with Gasteiger partial charge in [-0.05, 0) is 31.2 Å². The van der Waals surface area contributed by atoms with E-state index in [1.165, 1.54) is 25.3 Å². The van der Waals surface area contributed by atoms with E-state index in [4.69, 9.17) is 16.7 Å². The molecule has 0 fully saturated rings. The van der Waals surface area contributed by atoms with Crippen molar-refractivity contribution < 1.29 is 19.5 Å². The molecule has 0 saturated heterocycles. The van der Waals surface area contributed by atoms with E-state index in [1.54, 1.807) is 30.3 Å². The van der Waals surface area contributed by atoms with E-state index < -0.39 is 23.8 Å². The summed E-state index contributed by atoms with van der Waals surface area (Å²) in [7, 11) is 0. The van der Waals surface area contributed by atoms with Crippen molar-refractivity contribution in [1.29, 1.82) is 0 Å². The largest absolute Gasteiger partial charge is 0.480 e. The molecule has 1 aromatic heterocycles. The molecule has 0 aliphatic carbocycles. The highest BCUT2D eigenvalue weighted by atomic mass is 35.5. The molecule has 1 unspecified atom stereocenters. The lowest BCUT2D eigenvalue weighted by atomic mass is 10.2. The number of aromatic nitrogens is 2. The molecule has 1 atom stereocenters. The van der Waals surface area contributed by atoms with Gasteiger partial charge in [-0.1, -0.05) is 29.8 Å². The molecule has 4 N–H and O–H groups in total. The summed E-state index contributed by atoms with van der Waals surface area (Å²) in [6.07, 6.45) is 1.18. The first kappa shape index (κ1) is 19.9. The summed E-state index contributed by atoms with van der Waals surface area (Å²) in [5, 5.41) is 23.9. The fraction of sp³-hybridized carbons (Fsp3) is 0.118. The normalized spacial score (nSPS) is 12.0. The van der Waals surface area contributed by atoms with Crippen LogP contribution >= 0.6 is 11.6 Å². The van der Waals surface area contributed by atoms with Crippen LogP contribution in [0.2, 0.25) is 5.15 Å². The van der Waals surface area contributed by atoms with Crippen molar-refractivity contribution in [1.82, 2.24) is 20.8 Å². The Morgan fingerprint density at radius 1 is 1.11 bits per heavy atom. The zero-order valence-corrected chi connectivity index (χ0v) is 14.9. The maximum Gasteiger partial charge on any atom is 0.325 e. The molecular formula is C17H16ClN5O4. The Bertz CT molecular complexity index is 855. The number of carboxylic acid groups (broad SMARTS) is 1. The average Bonchev–Trinajstić information content (AvgIpc) is 2.66. The Morgan fingerprint density at radius 3 is 2.41 bits per heavy atom. The van der Waals surface area contributed by atoms with Crippen LogP contribution in [0.4, 0.5) is 5.82 Å². The molecule has 140 valence electrons. The van der Waals surface area contributed by atoms with Crippen LogP contribution in [-0.2, 0) is 9.59 Å². The maximum absolute atomic E-state index is 12.3. The monoisotopic (exact) mass is 389 g/mol. The third kappa shape index (κ3) is 6.08. The molecule has 0 aliphatic heterocycles. The fourth-order valence-electron chi connectivity index (χ4n) is 1.82. The van der Waals surface area contributed by atoms with Crippen LogP contribution in [0.3, 0.4) is 0 Å². The minimum atomic E-state index is -1.21. The number of carboxylic acids is 1. The van der Waals surface area contributed by atoms with E-state index in [-0.39, 0.29) is 16.7 Å². The molecular weight excluding hydrogens is 374 g/mol. The number of amides is 2. The van der Waals surface area contributed by atoms with Crippen LogP contribution < -0.4 is 16.0 Å². The van der Waals surface area contributed by atoms with E-state index in [9.17, 15) is 14.4 Å². The predicted molar refractivity (Wildman–Crippen MR) is 97.9 cm³/mol. The van der Waals surface area contributed by atoms with Crippen LogP contribution in [0, 0.1) is 0 Å². The van der Waals surface area contributed by atoms with Crippen LogP contribution in [0.25, 0.3) is 0 Å². The lowest BCUT2D eigenvalue weighted by Crippen LogP contribution is -2.43. The number of nitrogens with one attached hydrogen (secondary N) is 3. The van der Waals surface area contributed by atoms with E-state index in [2.05, 4.69) is 26.1 Å². The summed E-state index contributed by atoms with van der Waals surface area (Å²) >= 11 is 5.65. The quantitative estimate of drug-likeness (QED) is 0.526. The van der Waals surface area contributed by atoms with Crippen molar-refractivity contribution in [2.24, 2.45) is 0 Å². The van der Waals surface area contributed by atoms with E-state index in [1.807, 2.05) is 0 Å². The Morgan fingerprint density at radius 2 is 1.81 bits per heavy atom. The lowest BCUT2D eigenvalue weighted by Gasteiger charge is -2.13. The van der Waals surface area contributed by atoms with Crippen molar-refractivity contribution in [2.45, 2.75) is 13.0 Å². The molecule has 0 bridgehead atoms. The molecule has 9 nitrogen and oxygen atoms in total. The number of benzene rings is 1. The standard InChI is InChI=1S/C17H16ClN5O4/c1-10(17(26)27)20-16(25)12(9-19-14-8-7-13(18)22-23-14)21-15(24)11-5-3-2-4-6-11/h2-10H,1H3,(H,19,23)(H,20,25)(H,21,24)(H,26,27)/b12-9-. The van der Waals surface area contributed by atoms with Crippen LogP contribution in [0.5, 0.6) is 0 Å². The van der Waals surface area contributed by atoms with Gasteiger partial charge in [0.05, 0.1) is 0 Å². The zero-order valence-electron chi connectivity index (χ0n) is 14.1. The maximum atomic E-state index is 12.3. The molecule has 2 amide bonds. The summed E-state index contributed by atoms with van der Waals surface area (Å²) in [6.45, 7) is 1.30. The molecule has 1 aromatic carbocycles. The number of hydrogen-bond donors (Lipinski definition) is 4. The van der Waals surface area contributed by atoms with Gasteiger partial charge >= 0.3 is 5.97 Å². The van der Waals surface area contributed by atoms with Crippen molar-refractivity contribution in [2.75, 3.05) is 5.32 Å². The highest BCUT2D eigenvalue weighted by Crippen LogP contribution is 2.07. The average molecular weight is 390 g/mol. The first-order valence-corrected chi connectivity index (χ1v) is 8.10. The van der Waals surface area contributed by atoms with Crippen LogP contribution in [0.15, 0.2) is 54.4 Å². The van der Waals surface area contributed by atoms with Gasteiger partial charge in [-0.2, -0.15) is 0 Å². The highest BCUT2D eigenvalue weighted by Gasteiger charge is 2.19. The molecule has 0 aliphatic rings. The first-order valence-electron chi connectivity index (χ1n) is 7.73. The molecule has 27 heavy (non-hydrogen) atoms. The number of halogens is 1. The van der Waals surface area contributed by atoms with E-state index >= 15 is 0 Å². The third-order valence-corrected chi connectivity index (χ3v) is 3.44. The van der Waals surface area contributed by atoms with Crippen molar-refractivity contribution in [3.05, 3.63) is 65.1 Å². The Balaban J connectivity index is 2.20. The lowest BCUT2D eigenvalue weighted by molar-refractivity contribution is -0.140. The molecule has 10 heteroatoms. The van der Waals surface area contributed by atoms with Crippen LogP contribution in [0.1, 0.15) is 17.3 Å². The fourth-order valence-corrected chi connectivity index (χ4v) is 1.92. The first-order chi connectivity index (χ1) is 12.9. The van der Waals surface area contributed by atoms with Gasteiger partial charge in [0.15, 0.2) is 11.0 Å². The van der Waals surface area contributed by atoms with E-state index in [0.29, 0.717) is 5.56 Å². The van der Waals surface area contributed by atoms with Gasteiger partial charge in [0.1, 0.15) is 11.7 Å². The minimum Gasteiger partial charge on any atom is -0.480 e. The summed E-state index contributed by atoms with van der Waals surface area (Å²) in [5.41, 5.74) is 0.127. The summed E-state index contributed by atoms with van der Waals surface area (Å²) in [6, 6.07) is 10.1. The Labute approximate surface area is 159 Å². The third-order valence-electron chi connectivity index (χ3n) is 3.24.